The van der Waals surface area contributed by atoms with Gasteiger partial charge in [-0.15, -0.1) is 0 Å². The molecule has 0 aliphatic rings. The van der Waals surface area contributed by atoms with E-state index in [1.54, 1.807) is 0 Å². The van der Waals surface area contributed by atoms with Crippen LogP contribution in [0.25, 0.3) is 0 Å². The molecule has 0 amide bonds. The Bertz CT molecular complexity index is 599. The third-order valence-corrected chi connectivity index (χ3v) is 3.76. The van der Waals surface area contributed by atoms with Gasteiger partial charge in [0.2, 0.25) is 0 Å². The van der Waals surface area contributed by atoms with Gasteiger partial charge in [0.05, 0.1) is 0 Å². The minimum absolute atomic E-state index is 0.0173. The molecule has 19 heavy (non-hydrogen) atoms. The first kappa shape index (κ1) is 14.4. The third kappa shape index (κ3) is 3.50. The lowest BCUT2D eigenvalue weighted by molar-refractivity contribution is 0.478. The van der Waals surface area contributed by atoms with Crippen molar-refractivity contribution < 1.29 is 4.74 Å². The molecular weight excluding hydrogens is 326 g/mol. The summed E-state index contributed by atoms with van der Waals surface area (Å²) in [7, 11) is 0. The molecule has 2 rings (SSSR count). The summed E-state index contributed by atoms with van der Waals surface area (Å²) < 4.78 is 6.79. The molecule has 0 fully saturated rings. The highest BCUT2D eigenvalue weighted by Crippen LogP contribution is 2.32. The summed E-state index contributed by atoms with van der Waals surface area (Å²) >= 11 is 9.48. The van der Waals surface area contributed by atoms with E-state index in [1.165, 1.54) is 0 Å². The zero-order valence-electron chi connectivity index (χ0n) is 10.8. The predicted molar refractivity (Wildman–Crippen MR) is 83.0 cm³/mol. The van der Waals surface area contributed by atoms with E-state index in [2.05, 4.69) is 15.9 Å². The SMILES string of the molecule is Cc1ccc(Cl)cc1Oc1ccc(C(C)N)c(Br)c1. The van der Waals surface area contributed by atoms with E-state index in [4.69, 9.17) is 22.1 Å². The predicted octanol–water partition coefficient (Wildman–Crippen LogP) is 5.22. The van der Waals surface area contributed by atoms with Crippen LogP contribution in [0, 0.1) is 6.92 Å². The molecule has 0 spiro atoms. The number of rotatable bonds is 3. The van der Waals surface area contributed by atoms with Crippen molar-refractivity contribution in [3.8, 4) is 11.5 Å². The fourth-order valence-corrected chi connectivity index (χ4v) is 2.63. The van der Waals surface area contributed by atoms with E-state index in [0.717, 1.165) is 27.1 Å². The number of halogens is 2. The summed E-state index contributed by atoms with van der Waals surface area (Å²) in [5.74, 6) is 1.51. The summed E-state index contributed by atoms with van der Waals surface area (Å²) in [5, 5.41) is 0.659. The first-order valence-electron chi connectivity index (χ1n) is 5.96. The number of benzene rings is 2. The monoisotopic (exact) mass is 339 g/mol. The van der Waals surface area contributed by atoms with E-state index in [0.29, 0.717) is 5.02 Å². The molecule has 2 nitrogen and oxygen atoms in total. The van der Waals surface area contributed by atoms with Gasteiger partial charge in [0.25, 0.3) is 0 Å². The summed E-state index contributed by atoms with van der Waals surface area (Å²) in [6.07, 6.45) is 0. The number of ether oxygens (including phenoxy) is 1. The van der Waals surface area contributed by atoms with E-state index < -0.39 is 0 Å². The van der Waals surface area contributed by atoms with Gasteiger partial charge in [-0.05, 0) is 49.2 Å². The second-order valence-electron chi connectivity index (χ2n) is 4.48. The maximum atomic E-state index is 5.98. The van der Waals surface area contributed by atoms with E-state index in [-0.39, 0.29) is 6.04 Å². The van der Waals surface area contributed by atoms with Gasteiger partial charge in [-0.2, -0.15) is 0 Å². The Morgan fingerprint density at radius 2 is 1.95 bits per heavy atom. The van der Waals surface area contributed by atoms with Gasteiger partial charge < -0.3 is 10.5 Å². The molecule has 0 radical (unpaired) electrons. The van der Waals surface area contributed by atoms with Crippen molar-refractivity contribution in [3.63, 3.8) is 0 Å². The van der Waals surface area contributed by atoms with Crippen molar-refractivity contribution >= 4 is 27.5 Å². The molecule has 0 saturated carbocycles. The Kier molecular flexibility index (Phi) is 4.50. The van der Waals surface area contributed by atoms with Crippen LogP contribution < -0.4 is 10.5 Å². The Hall–Kier alpha value is -1.03. The van der Waals surface area contributed by atoms with Crippen molar-refractivity contribution in [2.45, 2.75) is 19.9 Å². The Morgan fingerprint density at radius 3 is 2.58 bits per heavy atom. The third-order valence-electron chi connectivity index (χ3n) is 2.84. The van der Waals surface area contributed by atoms with Gasteiger partial charge in [-0.25, -0.2) is 0 Å². The van der Waals surface area contributed by atoms with Crippen LogP contribution in [0.2, 0.25) is 5.02 Å². The lowest BCUT2D eigenvalue weighted by Gasteiger charge is -2.12. The van der Waals surface area contributed by atoms with E-state index in [9.17, 15) is 0 Å². The maximum absolute atomic E-state index is 5.98. The van der Waals surface area contributed by atoms with Crippen LogP contribution in [0.3, 0.4) is 0 Å². The quantitative estimate of drug-likeness (QED) is 0.831. The second kappa shape index (κ2) is 5.95. The standard InChI is InChI=1S/C15H15BrClNO/c1-9-3-4-11(17)7-15(9)19-12-5-6-13(10(2)18)14(16)8-12/h3-8,10H,18H2,1-2H3. The zero-order valence-corrected chi connectivity index (χ0v) is 13.1. The van der Waals surface area contributed by atoms with Crippen LogP contribution >= 0.6 is 27.5 Å². The van der Waals surface area contributed by atoms with Gasteiger partial charge in [-0.3, -0.25) is 0 Å². The van der Waals surface area contributed by atoms with Crippen molar-refractivity contribution in [2.75, 3.05) is 0 Å². The van der Waals surface area contributed by atoms with E-state index in [1.807, 2.05) is 50.2 Å². The zero-order chi connectivity index (χ0) is 14.0. The fraction of sp³-hybridized carbons (Fsp3) is 0.200. The fourth-order valence-electron chi connectivity index (χ4n) is 1.75. The average molecular weight is 341 g/mol. The first-order chi connectivity index (χ1) is 8.97. The molecule has 0 aromatic heterocycles. The normalized spacial score (nSPS) is 12.3. The van der Waals surface area contributed by atoms with Crippen molar-refractivity contribution in [3.05, 3.63) is 57.0 Å². The summed E-state index contributed by atoms with van der Waals surface area (Å²) in [6, 6.07) is 11.4. The van der Waals surface area contributed by atoms with Crippen LogP contribution in [-0.2, 0) is 0 Å². The van der Waals surface area contributed by atoms with Crippen LogP contribution in [0.4, 0.5) is 0 Å². The maximum Gasteiger partial charge on any atom is 0.131 e. The van der Waals surface area contributed by atoms with Crippen LogP contribution in [-0.4, -0.2) is 0 Å². The van der Waals surface area contributed by atoms with Gasteiger partial charge in [0.15, 0.2) is 0 Å². The molecule has 2 aromatic rings. The molecule has 1 unspecified atom stereocenters. The van der Waals surface area contributed by atoms with Gasteiger partial charge in [-0.1, -0.05) is 39.7 Å². The Morgan fingerprint density at radius 1 is 1.21 bits per heavy atom. The number of hydrogen-bond donors (Lipinski definition) is 1. The van der Waals surface area contributed by atoms with Crippen LogP contribution in [0.15, 0.2) is 40.9 Å². The van der Waals surface area contributed by atoms with Crippen LogP contribution in [0.5, 0.6) is 11.5 Å². The topological polar surface area (TPSA) is 35.2 Å². The lowest BCUT2D eigenvalue weighted by Crippen LogP contribution is -2.05. The molecule has 1 atom stereocenters. The van der Waals surface area contributed by atoms with Gasteiger partial charge in [0, 0.05) is 15.5 Å². The molecule has 4 heteroatoms. The first-order valence-corrected chi connectivity index (χ1v) is 7.13. The smallest absolute Gasteiger partial charge is 0.131 e. The number of aryl methyl sites for hydroxylation is 1. The summed E-state index contributed by atoms with van der Waals surface area (Å²) in [5.41, 5.74) is 7.96. The second-order valence-corrected chi connectivity index (χ2v) is 5.77. The average Bonchev–Trinajstić information content (AvgIpc) is 2.33. The van der Waals surface area contributed by atoms with Crippen molar-refractivity contribution in [1.82, 2.24) is 0 Å². The molecule has 2 N–H and O–H groups in total. The van der Waals surface area contributed by atoms with Crippen LogP contribution in [0.1, 0.15) is 24.1 Å². The highest BCUT2D eigenvalue weighted by molar-refractivity contribution is 9.10. The molecule has 0 saturated heterocycles. The molecule has 0 heterocycles. The molecule has 0 bridgehead atoms. The lowest BCUT2D eigenvalue weighted by atomic mass is 10.1. The number of hydrogen-bond acceptors (Lipinski definition) is 2. The van der Waals surface area contributed by atoms with E-state index >= 15 is 0 Å². The largest absolute Gasteiger partial charge is 0.457 e. The number of nitrogens with two attached hydrogens (primary N) is 1. The molecule has 100 valence electrons. The highest BCUT2D eigenvalue weighted by Gasteiger charge is 2.08. The molecular formula is C15H15BrClNO. The molecule has 0 aliphatic heterocycles. The minimum Gasteiger partial charge on any atom is -0.457 e. The molecule has 0 aliphatic carbocycles. The van der Waals surface area contributed by atoms with Gasteiger partial charge in [0.1, 0.15) is 11.5 Å². The Labute approximate surface area is 126 Å². The molecule has 2 aromatic carbocycles. The van der Waals surface area contributed by atoms with Gasteiger partial charge >= 0.3 is 0 Å². The summed E-state index contributed by atoms with van der Waals surface area (Å²) in [4.78, 5) is 0. The van der Waals surface area contributed by atoms with Crippen molar-refractivity contribution in [1.29, 1.82) is 0 Å². The summed E-state index contributed by atoms with van der Waals surface area (Å²) in [6.45, 7) is 3.93. The highest BCUT2D eigenvalue weighted by atomic mass is 79.9. The van der Waals surface area contributed by atoms with Crippen molar-refractivity contribution in [2.24, 2.45) is 5.73 Å². The Balaban J connectivity index is 2.29. The minimum atomic E-state index is -0.0173.